The zero-order valence-corrected chi connectivity index (χ0v) is 11.8. The first-order valence-electron chi connectivity index (χ1n) is 6.10. The van der Waals surface area contributed by atoms with Crippen LogP contribution < -0.4 is 10.2 Å². The Hall–Kier alpha value is -1.27. The molecule has 0 spiro atoms. The normalized spacial score (nSPS) is 20.6. The lowest BCUT2D eigenvalue weighted by Gasteiger charge is -2.32. The van der Waals surface area contributed by atoms with Crippen molar-refractivity contribution in [2.75, 3.05) is 7.11 Å². The van der Waals surface area contributed by atoms with Crippen molar-refractivity contribution in [1.82, 2.24) is 0 Å². The molecule has 1 saturated heterocycles. The second kappa shape index (κ2) is 4.39. The summed E-state index contributed by atoms with van der Waals surface area (Å²) in [6.07, 6.45) is 0. The molecule has 0 radical (unpaired) electrons. The second-order valence-electron chi connectivity index (χ2n) is 5.64. The van der Waals surface area contributed by atoms with Crippen molar-refractivity contribution in [3.8, 4) is 11.5 Å². The molecule has 0 aliphatic carbocycles. The van der Waals surface area contributed by atoms with Gasteiger partial charge in [0.05, 0.1) is 18.3 Å². The minimum Gasteiger partial charge on any atom is -0.504 e. The van der Waals surface area contributed by atoms with Crippen LogP contribution in [0.25, 0.3) is 0 Å². The van der Waals surface area contributed by atoms with Crippen LogP contribution in [0.3, 0.4) is 0 Å². The molecule has 6 heteroatoms. The molecule has 1 heterocycles. The van der Waals surface area contributed by atoms with E-state index in [9.17, 15) is 9.50 Å². The van der Waals surface area contributed by atoms with Gasteiger partial charge in [0, 0.05) is 0 Å². The minimum atomic E-state index is -0.712. The van der Waals surface area contributed by atoms with E-state index in [0.29, 0.717) is 5.46 Å². The zero-order valence-electron chi connectivity index (χ0n) is 11.8. The summed E-state index contributed by atoms with van der Waals surface area (Å²) in [5.74, 6) is -1.10. The van der Waals surface area contributed by atoms with Gasteiger partial charge in [0.25, 0.3) is 0 Å². The first kappa shape index (κ1) is 14.2. The van der Waals surface area contributed by atoms with E-state index in [4.69, 9.17) is 14.0 Å². The SMILES string of the molecule is COc1c(O)cc(B2OC(C)(C)C(C)(C)O2)cc1F. The lowest BCUT2D eigenvalue weighted by Crippen LogP contribution is -2.41. The first-order chi connectivity index (χ1) is 8.68. The third-order valence-corrected chi connectivity index (χ3v) is 3.78. The van der Waals surface area contributed by atoms with E-state index < -0.39 is 24.1 Å². The van der Waals surface area contributed by atoms with Crippen LogP contribution in [-0.2, 0) is 9.31 Å². The molecule has 1 aliphatic rings. The van der Waals surface area contributed by atoms with Crippen LogP contribution in [0.4, 0.5) is 4.39 Å². The predicted molar refractivity (Wildman–Crippen MR) is 70.3 cm³/mol. The Labute approximate surface area is 112 Å². The van der Waals surface area contributed by atoms with Gasteiger partial charge in [-0.1, -0.05) is 0 Å². The summed E-state index contributed by atoms with van der Waals surface area (Å²) in [4.78, 5) is 0. The first-order valence-corrected chi connectivity index (χ1v) is 6.10. The average molecular weight is 268 g/mol. The van der Waals surface area contributed by atoms with Gasteiger partial charge in [-0.15, -0.1) is 0 Å². The quantitative estimate of drug-likeness (QED) is 0.831. The molecule has 104 valence electrons. The van der Waals surface area contributed by atoms with Gasteiger partial charge in [-0.05, 0) is 45.3 Å². The number of aromatic hydroxyl groups is 1. The molecule has 2 rings (SSSR count). The summed E-state index contributed by atoms with van der Waals surface area (Å²) in [6, 6.07) is 2.64. The van der Waals surface area contributed by atoms with Gasteiger partial charge in [0.2, 0.25) is 0 Å². The molecular weight excluding hydrogens is 250 g/mol. The summed E-state index contributed by atoms with van der Waals surface area (Å²) in [5.41, 5.74) is -0.595. The minimum absolute atomic E-state index is 0.180. The van der Waals surface area contributed by atoms with Gasteiger partial charge >= 0.3 is 7.12 Å². The van der Waals surface area contributed by atoms with E-state index in [2.05, 4.69) is 0 Å². The van der Waals surface area contributed by atoms with Crippen molar-refractivity contribution < 1.29 is 23.5 Å². The van der Waals surface area contributed by atoms with E-state index in [0.717, 1.165) is 0 Å². The highest BCUT2D eigenvalue weighted by molar-refractivity contribution is 6.62. The molecule has 0 saturated carbocycles. The highest BCUT2D eigenvalue weighted by Gasteiger charge is 2.52. The van der Waals surface area contributed by atoms with Crippen molar-refractivity contribution in [1.29, 1.82) is 0 Å². The van der Waals surface area contributed by atoms with E-state index in [1.54, 1.807) is 0 Å². The maximum absolute atomic E-state index is 13.8. The number of ether oxygens (including phenoxy) is 1. The predicted octanol–water partition coefficient (Wildman–Crippen LogP) is 1.84. The summed E-state index contributed by atoms with van der Waals surface area (Å²) in [6.45, 7) is 7.64. The van der Waals surface area contributed by atoms with Crippen LogP contribution in [0.1, 0.15) is 27.7 Å². The highest BCUT2D eigenvalue weighted by Crippen LogP contribution is 2.37. The molecule has 0 unspecified atom stereocenters. The monoisotopic (exact) mass is 268 g/mol. The number of benzene rings is 1. The van der Waals surface area contributed by atoms with Crippen molar-refractivity contribution in [3.63, 3.8) is 0 Å². The Balaban J connectivity index is 2.35. The lowest BCUT2D eigenvalue weighted by molar-refractivity contribution is 0.00578. The van der Waals surface area contributed by atoms with E-state index in [1.165, 1.54) is 19.2 Å². The van der Waals surface area contributed by atoms with Crippen molar-refractivity contribution in [2.45, 2.75) is 38.9 Å². The molecule has 1 fully saturated rings. The number of phenolic OH excluding ortho intramolecular Hbond substituents is 1. The van der Waals surface area contributed by atoms with Crippen molar-refractivity contribution in [2.24, 2.45) is 0 Å². The standard InChI is InChI=1S/C13H18BFO4/c1-12(2)13(3,4)19-14(18-12)8-6-9(15)11(17-5)10(16)7-8/h6-7,16H,1-5H3. The highest BCUT2D eigenvalue weighted by atomic mass is 19.1. The fourth-order valence-corrected chi connectivity index (χ4v) is 1.92. The number of hydrogen-bond donors (Lipinski definition) is 1. The van der Waals surface area contributed by atoms with Gasteiger partial charge in [-0.25, -0.2) is 4.39 Å². The Kier molecular flexibility index (Phi) is 3.27. The number of methoxy groups -OCH3 is 1. The van der Waals surface area contributed by atoms with Crippen LogP contribution in [0.15, 0.2) is 12.1 Å². The molecule has 1 aliphatic heterocycles. The maximum atomic E-state index is 13.8. The molecule has 19 heavy (non-hydrogen) atoms. The Morgan fingerprint density at radius 1 is 1.16 bits per heavy atom. The molecular formula is C13H18BFO4. The third kappa shape index (κ3) is 2.30. The molecule has 0 amide bonds. The third-order valence-electron chi connectivity index (χ3n) is 3.78. The van der Waals surface area contributed by atoms with Gasteiger partial charge in [-0.3, -0.25) is 0 Å². The lowest BCUT2D eigenvalue weighted by atomic mass is 9.79. The summed E-state index contributed by atoms with van der Waals surface area (Å²) in [5, 5.41) is 9.72. The van der Waals surface area contributed by atoms with Gasteiger partial charge in [0.15, 0.2) is 17.3 Å². The van der Waals surface area contributed by atoms with E-state index in [1.807, 2.05) is 27.7 Å². The van der Waals surface area contributed by atoms with Crippen molar-refractivity contribution in [3.05, 3.63) is 17.9 Å². The molecule has 1 N–H and O–H groups in total. The topological polar surface area (TPSA) is 47.9 Å². The van der Waals surface area contributed by atoms with E-state index >= 15 is 0 Å². The molecule has 0 bridgehead atoms. The van der Waals surface area contributed by atoms with Crippen LogP contribution >= 0.6 is 0 Å². The molecule has 0 atom stereocenters. The molecule has 0 aromatic heterocycles. The molecule has 1 aromatic carbocycles. The summed E-state index contributed by atoms with van der Waals surface area (Å²) in [7, 11) is 0.586. The number of hydrogen-bond acceptors (Lipinski definition) is 4. The maximum Gasteiger partial charge on any atom is 0.495 e. The number of phenols is 1. The number of halogens is 1. The fourth-order valence-electron chi connectivity index (χ4n) is 1.92. The van der Waals surface area contributed by atoms with Gasteiger partial charge in [-0.2, -0.15) is 0 Å². The van der Waals surface area contributed by atoms with Gasteiger partial charge in [0.1, 0.15) is 0 Å². The smallest absolute Gasteiger partial charge is 0.495 e. The second-order valence-corrected chi connectivity index (χ2v) is 5.64. The summed E-state index contributed by atoms with van der Waals surface area (Å²) >= 11 is 0. The molecule has 4 nitrogen and oxygen atoms in total. The van der Waals surface area contributed by atoms with Crippen LogP contribution in [0, 0.1) is 5.82 Å². The fraction of sp³-hybridized carbons (Fsp3) is 0.538. The van der Waals surface area contributed by atoms with Crippen LogP contribution in [0.2, 0.25) is 0 Å². The Morgan fingerprint density at radius 3 is 2.11 bits per heavy atom. The summed E-state index contributed by atoms with van der Waals surface area (Å²) < 4.78 is 30.1. The average Bonchev–Trinajstić information content (AvgIpc) is 2.47. The van der Waals surface area contributed by atoms with Gasteiger partial charge < -0.3 is 19.2 Å². The largest absolute Gasteiger partial charge is 0.504 e. The zero-order chi connectivity index (χ0) is 14.4. The molecule has 1 aromatic rings. The Bertz CT molecular complexity index is 462. The Morgan fingerprint density at radius 2 is 1.68 bits per heavy atom. The van der Waals surface area contributed by atoms with E-state index in [-0.39, 0.29) is 11.5 Å². The van der Waals surface area contributed by atoms with Crippen LogP contribution in [0.5, 0.6) is 11.5 Å². The number of rotatable bonds is 2. The van der Waals surface area contributed by atoms with Crippen molar-refractivity contribution >= 4 is 12.6 Å². The van der Waals surface area contributed by atoms with Crippen LogP contribution in [-0.4, -0.2) is 30.5 Å².